The van der Waals surface area contributed by atoms with E-state index in [2.05, 4.69) is 4.98 Å². The predicted octanol–water partition coefficient (Wildman–Crippen LogP) is 0.971. The van der Waals surface area contributed by atoms with E-state index in [1.807, 2.05) is 0 Å². The van der Waals surface area contributed by atoms with Gasteiger partial charge in [-0.05, 0) is 19.9 Å². The van der Waals surface area contributed by atoms with Crippen molar-refractivity contribution in [3.05, 3.63) is 23.5 Å². The van der Waals surface area contributed by atoms with Crippen LogP contribution in [0.2, 0.25) is 0 Å². The van der Waals surface area contributed by atoms with E-state index in [4.69, 9.17) is 4.74 Å². The molecule has 1 fully saturated rings. The van der Waals surface area contributed by atoms with Crippen molar-refractivity contribution in [1.82, 2.24) is 4.98 Å². The highest BCUT2D eigenvalue weighted by Gasteiger charge is 2.39. The maximum absolute atomic E-state index is 13.1. The second kappa shape index (κ2) is 5.99. The Bertz CT molecular complexity index is 719. The van der Waals surface area contributed by atoms with Crippen LogP contribution in [0.1, 0.15) is 29.4 Å². The molecule has 1 atom stereocenters. The van der Waals surface area contributed by atoms with Crippen molar-refractivity contribution in [2.75, 3.05) is 18.1 Å². The lowest BCUT2D eigenvalue weighted by Crippen LogP contribution is -2.28. The summed E-state index contributed by atoms with van der Waals surface area (Å²) in [6.45, 7) is 3.15. The van der Waals surface area contributed by atoms with E-state index in [-0.39, 0.29) is 24.4 Å². The molecule has 120 valence electrons. The summed E-state index contributed by atoms with van der Waals surface area (Å²) in [5.41, 5.74) is 0.849. The Morgan fingerprint density at radius 1 is 1.55 bits per heavy atom. The first-order valence-electron chi connectivity index (χ1n) is 6.61. The third kappa shape index (κ3) is 3.24. The van der Waals surface area contributed by atoms with E-state index in [1.165, 1.54) is 12.3 Å². The van der Waals surface area contributed by atoms with Crippen LogP contribution in [-0.2, 0) is 19.8 Å². The maximum Gasteiger partial charge on any atom is 0.339 e. The molecule has 9 heteroatoms. The number of halogens is 1. The summed E-state index contributed by atoms with van der Waals surface area (Å²) >= 11 is 0. The number of esters is 1. The highest BCUT2D eigenvalue weighted by atomic mass is 32.3. The van der Waals surface area contributed by atoms with Gasteiger partial charge in [-0.2, -0.15) is 8.42 Å². The van der Waals surface area contributed by atoms with Gasteiger partial charge in [0.15, 0.2) is 0 Å². The number of carbonyl (C=O) groups excluding carboxylic acids is 2. The number of anilines is 1. The molecule has 0 aliphatic carbocycles. The second-order valence-corrected chi connectivity index (χ2v) is 6.47. The van der Waals surface area contributed by atoms with Crippen LogP contribution in [0.15, 0.2) is 12.3 Å². The first-order valence-corrected chi connectivity index (χ1v) is 8.06. The van der Waals surface area contributed by atoms with Gasteiger partial charge in [0.25, 0.3) is 0 Å². The first-order chi connectivity index (χ1) is 10.2. The molecular formula is C13H15FN2O5S. The highest BCUT2D eigenvalue weighted by Crippen LogP contribution is 2.28. The molecule has 1 amide bonds. The highest BCUT2D eigenvalue weighted by molar-refractivity contribution is 7.87. The number of aryl methyl sites for hydroxylation is 1. The topological polar surface area (TPSA) is 93.6 Å². The van der Waals surface area contributed by atoms with Crippen molar-refractivity contribution < 1.29 is 26.6 Å². The Kier molecular flexibility index (Phi) is 4.45. The molecule has 0 spiro atoms. The molecule has 1 aromatic rings. The van der Waals surface area contributed by atoms with Gasteiger partial charge in [0, 0.05) is 19.2 Å². The number of rotatable bonds is 4. The number of pyridine rings is 1. The van der Waals surface area contributed by atoms with Gasteiger partial charge in [-0.25, -0.2) is 4.79 Å². The molecule has 0 aromatic carbocycles. The van der Waals surface area contributed by atoms with Gasteiger partial charge in [0.2, 0.25) is 5.91 Å². The molecule has 0 N–H and O–H groups in total. The van der Waals surface area contributed by atoms with E-state index in [0.29, 0.717) is 5.69 Å². The number of aromatic nitrogens is 1. The Balaban J connectivity index is 2.34. The lowest BCUT2D eigenvalue weighted by molar-refractivity contribution is -0.117. The third-order valence-electron chi connectivity index (χ3n) is 3.35. The summed E-state index contributed by atoms with van der Waals surface area (Å²) < 4.78 is 39.8. The van der Waals surface area contributed by atoms with Gasteiger partial charge >= 0.3 is 16.2 Å². The molecule has 1 aliphatic heterocycles. The van der Waals surface area contributed by atoms with E-state index in [9.17, 15) is 21.9 Å². The third-order valence-corrected chi connectivity index (χ3v) is 4.46. The summed E-state index contributed by atoms with van der Waals surface area (Å²) in [4.78, 5) is 28.8. The van der Waals surface area contributed by atoms with Crippen molar-refractivity contribution in [3.8, 4) is 0 Å². The number of carbonyl (C=O) groups is 2. The SMILES string of the molecule is CCOC(=O)c1cnc(C)c(N2CC(S(=O)(=O)F)CC2=O)c1. The molecule has 0 radical (unpaired) electrons. The summed E-state index contributed by atoms with van der Waals surface area (Å²) in [5, 5.41) is -1.40. The predicted molar refractivity (Wildman–Crippen MR) is 75.7 cm³/mol. The van der Waals surface area contributed by atoms with Gasteiger partial charge in [-0.3, -0.25) is 9.78 Å². The minimum Gasteiger partial charge on any atom is -0.462 e. The normalized spacial score (nSPS) is 18.6. The lowest BCUT2D eigenvalue weighted by Gasteiger charge is -2.18. The molecule has 1 saturated heterocycles. The van der Waals surface area contributed by atoms with Crippen molar-refractivity contribution in [2.45, 2.75) is 25.5 Å². The fourth-order valence-corrected chi connectivity index (χ4v) is 2.89. The van der Waals surface area contributed by atoms with E-state index in [1.54, 1.807) is 13.8 Å². The number of hydrogen-bond donors (Lipinski definition) is 0. The molecule has 2 heterocycles. The van der Waals surface area contributed by atoms with Crippen LogP contribution >= 0.6 is 0 Å². The van der Waals surface area contributed by atoms with Crippen LogP contribution in [0.25, 0.3) is 0 Å². The quantitative estimate of drug-likeness (QED) is 0.603. The van der Waals surface area contributed by atoms with Crippen molar-refractivity contribution in [2.24, 2.45) is 0 Å². The molecule has 7 nitrogen and oxygen atoms in total. The summed E-state index contributed by atoms with van der Waals surface area (Å²) in [6, 6.07) is 1.39. The summed E-state index contributed by atoms with van der Waals surface area (Å²) in [7, 11) is -4.80. The fourth-order valence-electron chi connectivity index (χ4n) is 2.22. The molecule has 0 bridgehead atoms. The van der Waals surface area contributed by atoms with E-state index >= 15 is 0 Å². The summed E-state index contributed by atoms with van der Waals surface area (Å²) in [6.07, 6.45) is 0.878. The minimum atomic E-state index is -4.80. The Hall–Kier alpha value is -2.03. The fraction of sp³-hybridized carbons (Fsp3) is 0.462. The molecule has 0 saturated carbocycles. The number of nitrogens with zero attached hydrogens (tertiary/aromatic N) is 2. The maximum atomic E-state index is 13.1. The van der Waals surface area contributed by atoms with Crippen LogP contribution < -0.4 is 4.90 Å². The molecule has 1 aliphatic rings. The smallest absolute Gasteiger partial charge is 0.339 e. The van der Waals surface area contributed by atoms with Crippen LogP contribution in [0.5, 0.6) is 0 Å². The van der Waals surface area contributed by atoms with Crippen LogP contribution in [0.4, 0.5) is 9.57 Å². The molecular weight excluding hydrogens is 315 g/mol. The first kappa shape index (κ1) is 16.3. The zero-order chi connectivity index (χ0) is 16.5. The van der Waals surface area contributed by atoms with Gasteiger partial charge < -0.3 is 9.64 Å². The second-order valence-electron chi connectivity index (χ2n) is 4.86. The molecule has 1 unspecified atom stereocenters. The van der Waals surface area contributed by atoms with Gasteiger partial charge in [-0.15, -0.1) is 3.89 Å². The Labute approximate surface area is 127 Å². The van der Waals surface area contributed by atoms with Crippen LogP contribution in [0, 0.1) is 6.92 Å². The van der Waals surface area contributed by atoms with Gasteiger partial charge in [0.05, 0.1) is 23.6 Å². The number of ether oxygens (including phenoxy) is 1. The van der Waals surface area contributed by atoms with Crippen molar-refractivity contribution >= 4 is 27.8 Å². The molecule has 1 aromatic heterocycles. The standard InChI is InChI=1S/C13H15FN2O5S/c1-3-21-13(18)9-4-11(8(2)15-6-9)16-7-10(5-12(16)17)22(14,19)20/h4,6,10H,3,5,7H2,1-2H3. The minimum absolute atomic E-state index is 0.141. The molecule has 2 rings (SSSR count). The lowest BCUT2D eigenvalue weighted by atomic mass is 10.2. The Morgan fingerprint density at radius 3 is 2.77 bits per heavy atom. The van der Waals surface area contributed by atoms with Gasteiger partial charge in [0.1, 0.15) is 5.25 Å². The van der Waals surface area contributed by atoms with Crippen molar-refractivity contribution in [3.63, 3.8) is 0 Å². The zero-order valence-corrected chi connectivity index (χ0v) is 12.9. The Morgan fingerprint density at radius 2 is 2.23 bits per heavy atom. The monoisotopic (exact) mass is 330 g/mol. The largest absolute Gasteiger partial charge is 0.462 e. The average molecular weight is 330 g/mol. The van der Waals surface area contributed by atoms with E-state index < -0.39 is 33.8 Å². The number of amides is 1. The zero-order valence-electron chi connectivity index (χ0n) is 12.1. The molecule has 22 heavy (non-hydrogen) atoms. The van der Waals surface area contributed by atoms with Crippen molar-refractivity contribution in [1.29, 1.82) is 0 Å². The van der Waals surface area contributed by atoms with Crippen LogP contribution in [-0.4, -0.2) is 43.7 Å². The number of hydrogen-bond acceptors (Lipinski definition) is 6. The van der Waals surface area contributed by atoms with Crippen LogP contribution in [0.3, 0.4) is 0 Å². The average Bonchev–Trinajstić information content (AvgIpc) is 2.81. The van der Waals surface area contributed by atoms with E-state index in [0.717, 1.165) is 4.90 Å². The summed E-state index contributed by atoms with van der Waals surface area (Å²) in [5.74, 6) is -1.13. The van der Waals surface area contributed by atoms with Gasteiger partial charge in [-0.1, -0.05) is 0 Å².